The van der Waals surface area contributed by atoms with E-state index in [4.69, 9.17) is 0 Å². The van der Waals surface area contributed by atoms with E-state index in [1.165, 1.54) is 11.3 Å². The van der Waals surface area contributed by atoms with Crippen LogP contribution in [0.2, 0.25) is 0 Å². The van der Waals surface area contributed by atoms with E-state index < -0.39 is 0 Å². The van der Waals surface area contributed by atoms with Crippen LogP contribution < -0.4 is 10.2 Å². The van der Waals surface area contributed by atoms with Crippen LogP contribution in [0.5, 0.6) is 0 Å². The fourth-order valence-corrected chi connectivity index (χ4v) is 3.35. The molecule has 0 saturated carbocycles. The van der Waals surface area contributed by atoms with Crippen molar-refractivity contribution in [2.45, 2.75) is 39.4 Å². The van der Waals surface area contributed by atoms with E-state index in [9.17, 15) is 4.79 Å². The minimum absolute atomic E-state index is 0.0243. The second-order valence-electron chi connectivity index (χ2n) is 6.51. The third-order valence-electron chi connectivity index (χ3n) is 4.72. The zero-order valence-electron chi connectivity index (χ0n) is 15.1. The van der Waals surface area contributed by atoms with Gasteiger partial charge in [0.05, 0.1) is 0 Å². The Balaban J connectivity index is 1.63. The second kappa shape index (κ2) is 7.55. The predicted octanol–water partition coefficient (Wildman–Crippen LogP) is 1.89. The number of nitrogens with one attached hydrogen (secondary N) is 1. The molecule has 2 aromatic rings. The highest BCUT2D eigenvalue weighted by molar-refractivity contribution is 5.75. The number of hydrogen-bond acceptors (Lipinski definition) is 4. The largest absolute Gasteiger partial charge is 0.372 e. The molecular formula is C18H26N6O. The maximum atomic E-state index is 12.7. The molecule has 1 N–H and O–H groups in total. The van der Waals surface area contributed by atoms with Crippen LogP contribution in [0.15, 0.2) is 30.6 Å². The summed E-state index contributed by atoms with van der Waals surface area (Å²) in [6.45, 7) is 6.82. The monoisotopic (exact) mass is 342 g/mol. The Bertz CT molecular complexity index is 728. The Morgan fingerprint density at radius 3 is 2.96 bits per heavy atom. The molecule has 2 amide bonds. The molecule has 0 spiro atoms. The van der Waals surface area contributed by atoms with Gasteiger partial charge in [0, 0.05) is 51.4 Å². The number of aryl methyl sites for hydroxylation is 1. The molecule has 7 heteroatoms. The molecule has 0 bridgehead atoms. The van der Waals surface area contributed by atoms with Gasteiger partial charge in [0.2, 0.25) is 0 Å². The first-order valence-electron chi connectivity index (χ1n) is 8.80. The number of aromatic nitrogens is 3. The number of nitrogens with zero attached hydrogens (tertiary/aromatic N) is 5. The maximum Gasteiger partial charge on any atom is 0.318 e. The molecule has 134 valence electrons. The molecule has 1 atom stereocenters. The normalized spacial score (nSPS) is 17.2. The maximum absolute atomic E-state index is 12.7. The topological polar surface area (TPSA) is 66.3 Å². The number of carbonyl (C=O) groups is 1. The smallest absolute Gasteiger partial charge is 0.318 e. The van der Waals surface area contributed by atoms with E-state index in [-0.39, 0.29) is 12.1 Å². The zero-order valence-corrected chi connectivity index (χ0v) is 15.1. The quantitative estimate of drug-likeness (QED) is 0.921. The van der Waals surface area contributed by atoms with Crippen molar-refractivity contribution in [3.8, 4) is 0 Å². The van der Waals surface area contributed by atoms with Crippen LogP contribution >= 0.6 is 0 Å². The lowest BCUT2D eigenvalue weighted by molar-refractivity contribution is 0.178. The average Bonchev–Trinajstić information content (AvgIpc) is 3.02. The Morgan fingerprint density at radius 1 is 1.36 bits per heavy atom. The molecule has 1 aliphatic rings. The Morgan fingerprint density at radius 2 is 2.16 bits per heavy atom. The Hall–Kier alpha value is -2.57. The van der Waals surface area contributed by atoms with Crippen molar-refractivity contribution >= 4 is 11.7 Å². The number of fused-ring (bicyclic) bond motifs is 1. The number of likely N-dealkylation sites (N-methyl/N-ethyl adjacent to an activating group) is 1. The summed E-state index contributed by atoms with van der Waals surface area (Å²) in [6, 6.07) is 8.38. The number of rotatable bonds is 4. The molecule has 1 aromatic carbocycles. The summed E-state index contributed by atoms with van der Waals surface area (Å²) in [4.78, 5) is 16.8. The summed E-state index contributed by atoms with van der Waals surface area (Å²) in [5, 5.41) is 11.0. The lowest BCUT2D eigenvalue weighted by Gasteiger charge is -2.28. The molecular weight excluding hydrogens is 316 g/mol. The van der Waals surface area contributed by atoms with E-state index in [1.54, 1.807) is 6.33 Å². The van der Waals surface area contributed by atoms with Crippen molar-refractivity contribution in [3.63, 3.8) is 0 Å². The van der Waals surface area contributed by atoms with Crippen LogP contribution in [0.1, 0.15) is 25.2 Å². The lowest BCUT2D eigenvalue weighted by Crippen LogP contribution is -2.47. The van der Waals surface area contributed by atoms with Gasteiger partial charge in [-0.2, -0.15) is 0 Å². The molecule has 1 aromatic heterocycles. The van der Waals surface area contributed by atoms with Crippen LogP contribution in [-0.4, -0.2) is 51.9 Å². The van der Waals surface area contributed by atoms with Crippen molar-refractivity contribution in [2.24, 2.45) is 0 Å². The number of carbonyl (C=O) groups excluding carboxylic acids is 1. The number of hydrogen-bond donors (Lipinski definition) is 1. The molecule has 25 heavy (non-hydrogen) atoms. The SMILES string of the molecule is CCc1nncn1CCNC(=O)N1Cc2ccccc2N(C)C[C@@H]1C. The van der Waals surface area contributed by atoms with Gasteiger partial charge in [-0.15, -0.1) is 10.2 Å². The summed E-state index contributed by atoms with van der Waals surface area (Å²) in [7, 11) is 2.08. The van der Waals surface area contributed by atoms with E-state index in [0.717, 1.165) is 18.8 Å². The highest BCUT2D eigenvalue weighted by atomic mass is 16.2. The van der Waals surface area contributed by atoms with Gasteiger partial charge in [-0.1, -0.05) is 25.1 Å². The highest BCUT2D eigenvalue weighted by Gasteiger charge is 2.26. The molecule has 3 rings (SSSR count). The number of para-hydroxylation sites is 1. The van der Waals surface area contributed by atoms with Gasteiger partial charge in [-0.05, 0) is 18.6 Å². The standard InChI is InChI=1S/C18H26N6O/c1-4-17-21-20-13-23(17)10-9-19-18(25)24-12-15-7-5-6-8-16(15)22(3)11-14(24)2/h5-8,13-14H,4,9-12H2,1-3H3,(H,19,25)/t14-/m0/s1. The molecule has 1 aliphatic heterocycles. The number of benzene rings is 1. The van der Waals surface area contributed by atoms with Gasteiger partial charge in [-0.25, -0.2) is 4.79 Å². The fraction of sp³-hybridized carbons (Fsp3) is 0.500. The van der Waals surface area contributed by atoms with E-state index in [2.05, 4.69) is 46.5 Å². The first-order valence-corrected chi connectivity index (χ1v) is 8.80. The average molecular weight is 342 g/mol. The summed E-state index contributed by atoms with van der Waals surface area (Å²) in [5.74, 6) is 0.938. The summed E-state index contributed by atoms with van der Waals surface area (Å²) >= 11 is 0. The van der Waals surface area contributed by atoms with E-state index in [0.29, 0.717) is 19.6 Å². The van der Waals surface area contributed by atoms with Crippen LogP contribution in [-0.2, 0) is 19.5 Å². The summed E-state index contributed by atoms with van der Waals surface area (Å²) in [6.07, 6.45) is 2.55. The van der Waals surface area contributed by atoms with Crippen molar-refractivity contribution < 1.29 is 4.79 Å². The van der Waals surface area contributed by atoms with Gasteiger partial charge in [0.25, 0.3) is 0 Å². The molecule has 7 nitrogen and oxygen atoms in total. The molecule has 2 heterocycles. The molecule has 0 fully saturated rings. The first kappa shape index (κ1) is 17.3. The third kappa shape index (κ3) is 3.75. The van der Waals surface area contributed by atoms with Crippen LogP contribution in [0.25, 0.3) is 0 Å². The fourth-order valence-electron chi connectivity index (χ4n) is 3.35. The minimum Gasteiger partial charge on any atom is -0.372 e. The summed E-state index contributed by atoms with van der Waals surface area (Å²) in [5.41, 5.74) is 2.37. The number of anilines is 1. The van der Waals surface area contributed by atoms with Crippen LogP contribution in [0.4, 0.5) is 10.5 Å². The van der Waals surface area contributed by atoms with Crippen molar-refractivity contribution in [1.29, 1.82) is 0 Å². The minimum atomic E-state index is -0.0243. The predicted molar refractivity (Wildman–Crippen MR) is 97.5 cm³/mol. The van der Waals surface area contributed by atoms with Crippen LogP contribution in [0.3, 0.4) is 0 Å². The Kier molecular flexibility index (Phi) is 5.21. The van der Waals surface area contributed by atoms with E-state index >= 15 is 0 Å². The number of urea groups is 1. The third-order valence-corrected chi connectivity index (χ3v) is 4.72. The number of amides is 2. The van der Waals surface area contributed by atoms with Gasteiger partial charge < -0.3 is 19.7 Å². The summed E-state index contributed by atoms with van der Waals surface area (Å²) < 4.78 is 1.98. The van der Waals surface area contributed by atoms with Gasteiger partial charge in [0.15, 0.2) is 0 Å². The van der Waals surface area contributed by atoms with Crippen molar-refractivity contribution in [3.05, 3.63) is 42.0 Å². The van der Waals surface area contributed by atoms with Gasteiger partial charge in [-0.3, -0.25) is 0 Å². The Labute approximate surface area is 148 Å². The van der Waals surface area contributed by atoms with Crippen LogP contribution in [0, 0.1) is 0 Å². The molecule has 0 saturated heterocycles. The van der Waals surface area contributed by atoms with Crippen molar-refractivity contribution in [1.82, 2.24) is 25.0 Å². The molecule has 0 unspecified atom stereocenters. The zero-order chi connectivity index (χ0) is 17.8. The van der Waals surface area contributed by atoms with Crippen molar-refractivity contribution in [2.75, 3.05) is 25.0 Å². The highest BCUT2D eigenvalue weighted by Crippen LogP contribution is 2.25. The van der Waals surface area contributed by atoms with Gasteiger partial charge in [0.1, 0.15) is 12.2 Å². The second-order valence-corrected chi connectivity index (χ2v) is 6.51. The lowest BCUT2D eigenvalue weighted by atomic mass is 10.1. The van der Waals surface area contributed by atoms with Gasteiger partial charge >= 0.3 is 6.03 Å². The van der Waals surface area contributed by atoms with E-state index in [1.807, 2.05) is 28.5 Å². The molecule has 0 aliphatic carbocycles. The molecule has 0 radical (unpaired) electrons. The first-order chi connectivity index (χ1) is 12.1.